The minimum absolute atomic E-state index is 0.0674. The van der Waals surface area contributed by atoms with Gasteiger partial charge < -0.3 is 15.5 Å². The summed E-state index contributed by atoms with van der Waals surface area (Å²) >= 11 is 1.78. The molecule has 0 saturated carbocycles. The fourth-order valence-corrected chi connectivity index (χ4v) is 2.17. The van der Waals surface area contributed by atoms with Gasteiger partial charge in [-0.15, -0.1) is 0 Å². The van der Waals surface area contributed by atoms with Gasteiger partial charge in [0.15, 0.2) is 5.65 Å². The van der Waals surface area contributed by atoms with E-state index < -0.39 is 0 Å². The van der Waals surface area contributed by atoms with Crippen LogP contribution in [0.2, 0.25) is 0 Å². The first-order chi connectivity index (χ1) is 8.74. The molecule has 0 amide bonds. The largest absolute Gasteiger partial charge is 0.478 e. The second-order valence-electron chi connectivity index (χ2n) is 3.96. The Morgan fingerprint density at radius 2 is 2.28 bits per heavy atom. The summed E-state index contributed by atoms with van der Waals surface area (Å²) in [5.74, 6) is 2.41. The summed E-state index contributed by atoms with van der Waals surface area (Å²) in [6.45, 7) is 2.53. The van der Waals surface area contributed by atoms with E-state index in [1.54, 1.807) is 11.8 Å². The summed E-state index contributed by atoms with van der Waals surface area (Å²) in [5, 5.41) is 0. The average Bonchev–Trinajstić information content (AvgIpc) is 2.79. The first kappa shape index (κ1) is 13.2. The monoisotopic (exact) mass is 266 g/mol. The van der Waals surface area contributed by atoms with Gasteiger partial charge in [-0.1, -0.05) is 0 Å². The molecule has 0 spiro atoms. The number of ether oxygens (including phenoxy) is 1. The number of pyridine rings is 1. The zero-order chi connectivity index (χ0) is 13.0. The van der Waals surface area contributed by atoms with Gasteiger partial charge in [-0.3, -0.25) is 0 Å². The van der Waals surface area contributed by atoms with Crippen LogP contribution in [0.25, 0.3) is 11.2 Å². The van der Waals surface area contributed by atoms with Crippen molar-refractivity contribution in [1.29, 1.82) is 0 Å². The third kappa shape index (κ3) is 2.94. The van der Waals surface area contributed by atoms with Gasteiger partial charge in [-0.2, -0.15) is 16.7 Å². The van der Waals surface area contributed by atoms with Gasteiger partial charge in [0.05, 0.1) is 18.2 Å². The first-order valence-electron chi connectivity index (χ1n) is 5.98. The van der Waals surface area contributed by atoms with Crippen LogP contribution in [0.3, 0.4) is 0 Å². The van der Waals surface area contributed by atoms with E-state index in [9.17, 15) is 0 Å². The van der Waals surface area contributed by atoms with E-state index in [1.165, 1.54) is 0 Å². The van der Waals surface area contributed by atoms with Crippen LogP contribution in [0.15, 0.2) is 12.1 Å². The Morgan fingerprint density at radius 1 is 1.44 bits per heavy atom. The summed E-state index contributed by atoms with van der Waals surface area (Å²) in [6, 6.07) is 3.69. The van der Waals surface area contributed by atoms with Gasteiger partial charge in [0.25, 0.3) is 0 Å². The highest BCUT2D eigenvalue weighted by atomic mass is 32.2. The lowest BCUT2D eigenvalue weighted by Crippen LogP contribution is -2.12. The topological polar surface area (TPSA) is 76.8 Å². The van der Waals surface area contributed by atoms with E-state index in [0.29, 0.717) is 18.1 Å². The lowest BCUT2D eigenvalue weighted by atomic mass is 10.2. The molecule has 0 aliphatic carbocycles. The summed E-state index contributed by atoms with van der Waals surface area (Å²) in [5.41, 5.74) is 7.63. The lowest BCUT2D eigenvalue weighted by Gasteiger charge is -2.06. The summed E-state index contributed by atoms with van der Waals surface area (Å²) in [7, 11) is 0. The van der Waals surface area contributed by atoms with Gasteiger partial charge >= 0.3 is 0 Å². The van der Waals surface area contributed by atoms with Crippen molar-refractivity contribution in [2.45, 2.75) is 19.4 Å². The van der Waals surface area contributed by atoms with Crippen molar-refractivity contribution < 1.29 is 4.74 Å². The van der Waals surface area contributed by atoms with Gasteiger partial charge in [0, 0.05) is 6.07 Å². The highest BCUT2D eigenvalue weighted by Gasteiger charge is 2.12. The third-order valence-corrected chi connectivity index (χ3v) is 3.26. The molecule has 0 radical (unpaired) electrons. The maximum Gasteiger partial charge on any atom is 0.215 e. The number of nitrogens with zero attached hydrogens (tertiary/aromatic N) is 2. The van der Waals surface area contributed by atoms with Crippen molar-refractivity contribution in [3.63, 3.8) is 0 Å². The van der Waals surface area contributed by atoms with Crippen molar-refractivity contribution in [3.05, 3.63) is 18.0 Å². The standard InChI is InChI=1S/C12H18N4OS/c1-3-17-10-5-4-9-12(15-10)16-11(14-9)8(13)6-7-18-2/h4-5,8H,3,6-7,13H2,1-2H3,(H,14,15,16). The molecule has 0 saturated heterocycles. The number of thioether (sulfide) groups is 1. The van der Waals surface area contributed by atoms with Crippen LogP contribution < -0.4 is 10.5 Å². The zero-order valence-electron chi connectivity index (χ0n) is 10.6. The zero-order valence-corrected chi connectivity index (χ0v) is 11.5. The molecule has 6 heteroatoms. The minimum Gasteiger partial charge on any atom is -0.478 e. The summed E-state index contributed by atoms with van der Waals surface area (Å²) in [6.07, 6.45) is 2.97. The predicted octanol–water partition coefficient (Wildman–Crippen LogP) is 2.11. The lowest BCUT2D eigenvalue weighted by molar-refractivity contribution is 0.328. The fourth-order valence-electron chi connectivity index (χ4n) is 1.68. The number of aromatic nitrogens is 3. The number of H-pyrrole nitrogens is 1. The Morgan fingerprint density at radius 3 is 3.00 bits per heavy atom. The Kier molecular flexibility index (Phi) is 4.43. The molecule has 0 bridgehead atoms. The number of nitrogens with one attached hydrogen (secondary N) is 1. The molecule has 0 aromatic carbocycles. The highest BCUT2D eigenvalue weighted by Crippen LogP contribution is 2.19. The molecule has 5 nitrogen and oxygen atoms in total. The minimum atomic E-state index is -0.0674. The van der Waals surface area contributed by atoms with Crippen molar-refractivity contribution in [1.82, 2.24) is 15.0 Å². The Hall–Kier alpha value is -1.27. The van der Waals surface area contributed by atoms with Gasteiger partial charge in [-0.25, -0.2) is 4.98 Å². The molecule has 0 aliphatic rings. The molecule has 2 aromatic heterocycles. The smallest absolute Gasteiger partial charge is 0.215 e. The molecule has 18 heavy (non-hydrogen) atoms. The Labute approximate surface area is 111 Å². The van der Waals surface area contributed by atoms with Crippen LogP contribution in [-0.4, -0.2) is 33.6 Å². The maximum absolute atomic E-state index is 6.08. The van der Waals surface area contributed by atoms with Gasteiger partial charge in [0.2, 0.25) is 5.88 Å². The van der Waals surface area contributed by atoms with E-state index >= 15 is 0 Å². The van der Waals surface area contributed by atoms with Crippen LogP contribution in [0, 0.1) is 0 Å². The van der Waals surface area contributed by atoms with Gasteiger partial charge in [0.1, 0.15) is 5.82 Å². The van der Waals surface area contributed by atoms with Crippen molar-refractivity contribution in [2.75, 3.05) is 18.6 Å². The van der Waals surface area contributed by atoms with Gasteiger partial charge in [-0.05, 0) is 31.4 Å². The molecule has 2 aromatic rings. The Balaban J connectivity index is 2.21. The molecule has 3 N–H and O–H groups in total. The number of aromatic amines is 1. The second-order valence-corrected chi connectivity index (χ2v) is 4.95. The van der Waals surface area contributed by atoms with Crippen molar-refractivity contribution >= 4 is 22.9 Å². The average molecular weight is 266 g/mol. The van der Waals surface area contributed by atoms with Crippen LogP contribution >= 0.6 is 11.8 Å². The fraction of sp³-hybridized carbons (Fsp3) is 0.500. The number of rotatable bonds is 6. The quantitative estimate of drug-likeness (QED) is 0.837. The highest BCUT2D eigenvalue weighted by molar-refractivity contribution is 7.98. The van der Waals surface area contributed by atoms with Crippen LogP contribution in [-0.2, 0) is 0 Å². The van der Waals surface area contributed by atoms with Crippen molar-refractivity contribution in [3.8, 4) is 5.88 Å². The third-order valence-electron chi connectivity index (χ3n) is 2.62. The number of hydrogen-bond acceptors (Lipinski definition) is 5. The van der Waals surface area contributed by atoms with E-state index in [-0.39, 0.29) is 6.04 Å². The summed E-state index contributed by atoms with van der Waals surface area (Å²) in [4.78, 5) is 12.0. The van der Waals surface area contributed by atoms with Crippen molar-refractivity contribution in [2.24, 2.45) is 5.73 Å². The van der Waals surface area contributed by atoms with E-state index in [1.807, 2.05) is 19.1 Å². The number of fused-ring (bicyclic) bond motifs is 1. The molecule has 0 fully saturated rings. The SMILES string of the molecule is CCOc1ccc2[nH]c(C(N)CCSC)nc2n1. The maximum atomic E-state index is 6.08. The number of hydrogen-bond donors (Lipinski definition) is 2. The molecule has 0 aliphatic heterocycles. The predicted molar refractivity (Wildman–Crippen MR) is 75.0 cm³/mol. The summed E-state index contributed by atoms with van der Waals surface area (Å²) < 4.78 is 5.35. The van der Waals surface area contributed by atoms with E-state index in [0.717, 1.165) is 23.5 Å². The normalized spacial score (nSPS) is 12.8. The molecule has 2 heterocycles. The molecular formula is C12H18N4OS. The molecule has 1 atom stereocenters. The molecule has 1 unspecified atom stereocenters. The number of imidazole rings is 1. The van der Waals surface area contributed by atoms with Crippen LogP contribution in [0.5, 0.6) is 5.88 Å². The van der Waals surface area contributed by atoms with Crippen LogP contribution in [0.1, 0.15) is 25.2 Å². The van der Waals surface area contributed by atoms with E-state index in [2.05, 4.69) is 21.2 Å². The van der Waals surface area contributed by atoms with E-state index in [4.69, 9.17) is 10.5 Å². The molecular weight excluding hydrogens is 248 g/mol. The second kappa shape index (κ2) is 6.06. The van der Waals surface area contributed by atoms with Crippen LogP contribution in [0.4, 0.5) is 0 Å². The number of nitrogens with two attached hydrogens (primary N) is 1. The first-order valence-corrected chi connectivity index (χ1v) is 7.38. The Bertz CT molecular complexity index is 514. The molecule has 98 valence electrons. The molecule has 2 rings (SSSR count).